The predicted octanol–water partition coefficient (Wildman–Crippen LogP) is 0.927. The van der Waals surface area contributed by atoms with Crippen molar-refractivity contribution in [2.24, 2.45) is 0 Å². The van der Waals surface area contributed by atoms with Gasteiger partial charge in [0.05, 0.1) is 6.20 Å². The molecule has 0 fully saturated rings. The number of nitriles is 1. The Hall–Kier alpha value is -2.09. The van der Waals surface area contributed by atoms with Crippen LogP contribution in [0.2, 0.25) is 0 Å². The Balaban J connectivity index is 2.95. The van der Waals surface area contributed by atoms with Crippen LogP contribution in [0, 0.1) is 17.1 Å². The molecular formula is C8H5FN4. The number of halogens is 1. The van der Waals surface area contributed by atoms with Gasteiger partial charge in [0.25, 0.3) is 0 Å². The lowest BCUT2D eigenvalue weighted by Gasteiger charge is -1.97. The third-order valence-electron chi connectivity index (χ3n) is 1.77. The first-order chi connectivity index (χ1) is 6.24. The highest BCUT2D eigenvalue weighted by Crippen LogP contribution is 2.15. The van der Waals surface area contributed by atoms with E-state index in [9.17, 15) is 4.39 Å². The van der Waals surface area contributed by atoms with E-state index in [2.05, 4.69) is 4.98 Å². The Morgan fingerprint density at radius 2 is 2.38 bits per heavy atom. The maximum absolute atomic E-state index is 13.0. The molecule has 0 bridgehead atoms. The van der Waals surface area contributed by atoms with Gasteiger partial charge < -0.3 is 5.73 Å². The standard InChI is InChI=1S/C8H5FN4/c9-6-1-2-13-7(11)4-12-8(13)5(6)3-10/h1-2,4H,11H2. The van der Waals surface area contributed by atoms with Gasteiger partial charge in [-0.05, 0) is 6.07 Å². The molecule has 0 aliphatic carbocycles. The Morgan fingerprint density at radius 1 is 1.62 bits per heavy atom. The monoisotopic (exact) mass is 176 g/mol. The summed E-state index contributed by atoms with van der Waals surface area (Å²) >= 11 is 0. The molecule has 5 heteroatoms. The second-order valence-corrected chi connectivity index (χ2v) is 2.53. The van der Waals surface area contributed by atoms with Crippen molar-refractivity contribution < 1.29 is 4.39 Å². The summed E-state index contributed by atoms with van der Waals surface area (Å²) in [5.74, 6) is -0.202. The van der Waals surface area contributed by atoms with Crippen molar-refractivity contribution in [2.45, 2.75) is 0 Å². The van der Waals surface area contributed by atoms with Crippen molar-refractivity contribution in [2.75, 3.05) is 5.73 Å². The van der Waals surface area contributed by atoms with E-state index in [1.807, 2.05) is 0 Å². The summed E-state index contributed by atoms with van der Waals surface area (Å²) in [7, 11) is 0. The quantitative estimate of drug-likeness (QED) is 0.649. The largest absolute Gasteiger partial charge is 0.383 e. The first kappa shape index (κ1) is 7.55. The second-order valence-electron chi connectivity index (χ2n) is 2.53. The van der Waals surface area contributed by atoms with Gasteiger partial charge >= 0.3 is 0 Å². The van der Waals surface area contributed by atoms with Crippen molar-refractivity contribution in [1.29, 1.82) is 5.26 Å². The van der Waals surface area contributed by atoms with E-state index in [1.165, 1.54) is 22.9 Å². The minimum Gasteiger partial charge on any atom is -0.383 e. The number of rotatable bonds is 0. The van der Waals surface area contributed by atoms with Gasteiger partial charge in [0.15, 0.2) is 5.65 Å². The van der Waals surface area contributed by atoms with E-state index >= 15 is 0 Å². The second kappa shape index (κ2) is 2.45. The van der Waals surface area contributed by atoms with Gasteiger partial charge in [-0.15, -0.1) is 0 Å². The number of imidazole rings is 1. The van der Waals surface area contributed by atoms with E-state index in [1.54, 1.807) is 6.07 Å². The highest BCUT2D eigenvalue weighted by Gasteiger charge is 2.09. The minimum atomic E-state index is -0.583. The van der Waals surface area contributed by atoms with Gasteiger partial charge in [0.1, 0.15) is 23.3 Å². The Bertz CT molecular complexity index is 509. The van der Waals surface area contributed by atoms with E-state index in [-0.39, 0.29) is 11.2 Å². The summed E-state index contributed by atoms with van der Waals surface area (Å²) in [6.45, 7) is 0. The van der Waals surface area contributed by atoms with Crippen molar-refractivity contribution in [3.05, 3.63) is 29.8 Å². The lowest BCUT2D eigenvalue weighted by atomic mass is 10.3. The predicted molar refractivity (Wildman–Crippen MR) is 44.3 cm³/mol. The minimum absolute atomic E-state index is 0.0841. The topological polar surface area (TPSA) is 67.1 Å². The SMILES string of the molecule is N#Cc1c(F)ccn2c(N)cnc12. The van der Waals surface area contributed by atoms with Crippen LogP contribution >= 0.6 is 0 Å². The molecule has 0 spiro atoms. The molecular weight excluding hydrogens is 171 g/mol. The molecule has 0 aliphatic heterocycles. The maximum atomic E-state index is 13.0. The third-order valence-corrected chi connectivity index (χ3v) is 1.77. The number of fused-ring (bicyclic) bond motifs is 1. The lowest BCUT2D eigenvalue weighted by molar-refractivity contribution is 0.622. The molecule has 0 unspecified atom stereocenters. The summed E-state index contributed by atoms with van der Waals surface area (Å²) in [5, 5.41) is 8.64. The van der Waals surface area contributed by atoms with Crippen LogP contribution in [-0.2, 0) is 0 Å². The maximum Gasteiger partial charge on any atom is 0.159 e. The molecule has 2 aromatic heterocycles. The molecule has 0 atom stereocenters. The number of hydrogen-bond acceptors (Lipinski definition) is 3. The molecule has 0 saturated heterocycles. The van der Waals surface area contributed by atoms with Crippen LogP contribution in [-0.4, -0.2) is 9.38 Å². The van der Waals surface area contributed by atoms with Gasteiger partial charge in [-0.2, -0.15) is 5.26 Å². The van der Waals surface area contributed by atoms with Crippen LogP contribution in [0.1, 0.15) is 5.56 Å². The number of nitrogen functional groups attached to an aromatic ring is 1. The average molecular weight is 176 g/mol. The smallest absolute Gasteiger partial charge is 0.159 e. The zero-order valence-corrected chi connectivity index (χ0v) is 6.53. The van der Waals surface area contributed by atoms with Gasteiger partial charge in [0.2, 0.25) is 0 Å². The Labute approximate surface area is 73.0 Å². The van der Waals surface area contributed by atoms with Crippen LogP contribution < -0.4 is 5.73 Å². The summed E-state index contributed by atoms with van der Waals surface area (Å²) in [6.07, 6.45) is 2.82. The summed E-state index contributed by atoms with van der Waals surface area (Å²) < 4.78 is 14.5. The molecule has 4 nitrogen and oxygen atoms in total. The van der Waals surface area contributed by atoms with Crippen LogP contribution in [0.4, 0.5) is 10.2 Å². The normalized spacial score (nSPS) is 10.2. The van der Waals surface area contributed by atoms with Gasteiger partial charge in [0, 0.05) is 6.20 Å². The molecule has 2 aromatic rings. The first-order valence-electron chi connectivity index (χ1n) is 3.55. The number of nitrogens with zero attached hydrogens (tertiary/aromatic N) is 3. The molecule has 0 radical (unpaired) electrons. The van der Waals surface area contributed by atoms with Crippen LogP contribution in [0.15, 0.2) is 18.5 Å². The zero-order valence-electron chi connectivity index (χ0n) is 6.53. The molecule has 2 heterocycles. The number of aromatic nitrogens is 2. The number of pyridine rings is 1. The van der Waals surface area contributed by atoms with Crippen molar-refractivity contribution in [3.8, 4) is 6.07 Å². The Morgan fingerprint density at radius 3 is 3.08 bits per heavy atom. The fraction of sp³-hybridized carbons (Fsp3) is 0. The Kier molecular flexibility index (Phi) is 1.43. The zero-order chi connectivity index (χ0) is 9.42. The van der Waals surface area contributed by atoms with Crippen LogP contribution in [0.5, 0.6) is 0 Å². The van der Waals surface area contributed by atoms with Crippen LogP contribution in [0.25, 0.3) is 5.65 Å². The fourth-order valence-electron chi connectivity index (χ4n) is 1.15. The first-order valence-corrected chi connectivity index (χ1v) is 3.55. The van der Waals surface area contributed by atoms with E-state index in [4.69, 9.17) is 11.0 Å². The van der Waals surface area contributed by atoms with Gasteiger partial charge in [-0.25, -0.2) is 9.37 Å². The van der Waals surface area contributed by atoms with E-state index in [0.717, 1.165) is 0 Å². The summed E-state index contributed by atoms with van der Waals surface area (Å²) in [4.78, 5) is 3.83. The molecule has 0 saturated carbocycles. The molecule has 64 valence electrons. The van der Waals surface area contributed by atoms with Gasteiger partial charge in [-0.3, -0.25) is 4.40 Å². The van der Waals surface area contributed by atoms with E-state index < -0.39 is 5.82 Å². The lowest BCUT2D eigenvalue weighted by Crippen LogP contribution is -1.95. The molecule has 0 aliphatic rings. The average Bonchev–Trinajstić information content (AvgIpc) is 2.48. The number of hydrogen-bond donors (Lipinski definition) is 1. The van der Waals surface area contributed by atoms with Crippen molar-refractivity contribution in [1.82, 2.24) is 9.38 Å². The number of nitrogens with two attached hydrogens (primary N) is 1. The summed E-state index contributed by atoms with van der Waals surface area (Å²) in [6, 6.07) is 2.92. The molecule has 0 aromatic carbocycles. The third kappa shape index (κ3) is 0.924. The molecule has 0 amide bonds. The van der Waals surface area contributed by atoms with Crippen molar-refractivity contribution in [3.63, 3.8) is 0 Å². The van der Waals surface area contributed by atoms with Gasteiger partial charge in [-0.1, -0.05) is 0 Å². The highest BCUT2D eigenvalue weighted by molar-refractivity contribution is 5.59. The highest BCUT2D eigenvalue weighted by atomic mass is 19.1. The fourth-order valence-corrected chi connectivity index (χ4v) is 1.15. The number of anilines is 1. The van der Waals surface area contributed by atoms with E-state index in [0.29, 0.717) is 5.82 Å². The molecule has 2 N–H and O–H groups in total. The van der Waals surface area contributed by atoms with Crippen molar-refractivity contribution >= 4 is 11.5 Å². The summed E-state index contributed by atoms with van der Waals surface area (Å²) in [5.41, 5.74) is 5.68. The van der Waals surface area contributed by atoms with Crippen LogP contribution in [0.3, 0.4) is 0 Å². The molecule has 13 heavy (non-hydrogen) atoms. The molecule has 2 rings (SSSR count).